The van der Waals surface area contributed by atoms with E-state index in [4.69, 9.17) is 9.53 Å². The lowest BCUT2D eigenvalue weighted by atomic mass is 10.2. The molecule has 0 aromatic heterocycles. The molecule has 1 atom stereocenters. The zero-order valence-corrected chi connectivity index (χ0v) is 10.8. The summed E-state index contributed by atoms with van der Waals surface area (Å²) in [5.41, 5.74) is 0. The molecule has 0 aliphatic carbocycles. The molecule has 0 saturated carbocycles. The van der Waals surface area contributed by atoms with Crippen molar-refractivity contribution in [3.8, 4) is 0 Å². The molecule has 0 bridgehead atoms. The second-order valence-corrected chi connectivity index (χ2v) is 9.82. The summed E-state index contributed by atoms with van der Waals surface area (Å²) >= 11 is 0. The average Bonchev–Trinajstić information content (AvgIpc) is 2.01. The Bertz CT molecular complexity index is 184. The molecule has 0 fully saturated rings. The van der Waals surface area contributed by atoms with Gasteiger partial charge in [-0.15, -0.1) is 0 Å². The Labute approximate surface area is 87.6 Å². The smallest absolute Gasteiger partial charge is 0.193 e. The lowest BCUT2D eigenvalue weighted by Gasteiger charge is -2.37. The van der Waals surface area contributed by atoms with Crippen LogP contribution in [0.4, 0.5) is 0 Å². The number of aldehydes is 1. The maximum absolute atomic E-state index is 10.7. The molecule has 4 heteroatoms. The zero-order chi connectivity index (χ0) is 11.4. The Balaban J connectivity index is 4.39. The average molecular weight is 218 g/mol. The molecule has 0 aromatic carbocycles. The van der Waals surface area contributed by atoms with Gasteiger partial charge in [-0.3, -0.25) is 0 Å². The quantitative estimate of drug-likeness (QED) is 0.567. The van der Waals surface area contributed by atoms with Crippen molar-refractivity contribution in [3.05, 3.63) is 0 Å². The van der Waals surface area contributed by atoms with Crippen molar-refractivity contribution in [2.24, 2.45) is 0 Å². The number of aliphatic hydroxyl groups is 1. The van der Waals surface area contributed by atoms with Crippen LogP contribution in [0.5, 0.6) is 0 Å². The van der Waals surface area contributed by atoms with E-state index in [1.807, 2.05) is 0 Å². The third kappa shape index (κ3) is 3.90. The summed E-state index contributed by atoms with van der Waals surface area (Å²) in [6, 6.07) is 0. The minimum absolute atomic E-state index is 0.00195. The van der Waals surface area contributed by atoms with Crippen LogP contribution in [-0.2, 0) is 9.22 Å². The first-order valence-electron chi connectivity index (χ1n) is 4.98. The second kappa shape index (κ2) is 5.05. The maximum atomic E-state index is 10.7. The molecule has 0 aromatic rings. The second-order valence-electron chi connectivity index (χ2n) is 5.06. The van der Waals surface area contributed by atoms with Crippen LogP contribution in [0.1, 0.15) is 27.2 Å². The lowest BCUT2D eigenvalue weighted by Crippen LogP contribution is -2.44. The summed E-state index contributed by atoms with van der Waals surface area (Å²) in [6.45, 7) is 10.6. The van der Waals surface area contributed by atoms with Crippen LogP contribution in [0.15, 0.2) is 0 Å². The molecule has 0 amide bonds. The Hall–Kier alpha value is -0.193. The fourth-order valence-corrected chi connectivity index (χ4v) is 2.12. The van der Waals surface area contributed by atoms with Crippen LogP contribution in [0, 0.1) is 0 Å². The number of aliphatic hydroxyl groups excluding tert-OH is 1. The van der Waals surface area contributed by atoms with Crippen molar-refractivity contribution in [2.45, 2.75) is 51.4 Å². The Morgan fingerprint density at radius 3 is 2.21 bits per heavy atom. The first-order chi connectivity index (χ1) is 6.24. The predicted molar refractivity (Wildman–Crippen MR) is 59.8 cm³/mol. The highest BCUT2D eigenvalue weighted by Gasteiger charge is 2.38. The van der Waals surface area contributed by atoms with Gasteiger partial charge in [0.15, 0.2) is 8.32 Å². The van der Waals surface area contributed by atoms with Crippen molar-refractivity contribution in [3.63, 3.8) is 0 Å². The highest BCUT2D eigenvalue weighted by atomic mass is 28.4. The van der Waals surface area contributed by atoms with Crippen LogP contribution < -0.4 is 0 Å². The van der Waals surface area contributed by atoms with Gasteiger partial charge in [0, 0.05) is 13.0 Å². The minimum Gasteiger partial charge on any atom is -0.407 e. The Morgan fingerprint density at radius 1 is 1.43 bits per heavy atom. The number of carbonyl (C=O) groups is 1. The van der Waals surface area contributed by atoms with Gasteiger partial charge < -0.3 is 14.3 Å². The van der Waals surface area contributed by atoms with E-state index in [-0.39, 0.29) is 11.6 Å². The van der Waals surface area contributed by atoms with Gasteiger partial charge in [-0.2, -0.15) is 0 Å². The highest BCUT2D eigenvalue weighted by Crippen LogP contribution is 2.37. The molecule has 84 valence electrons. The van der Waals surface area contributed by atoms with Crippen LogP contribution >= 0.6 is 0 Å². The molecular formula is C10H22O3Si. The molecule has 0 aliphatic heterocycles. The fourth-order valence-electron chi connectivity index (χ4n) is 0.837. The van der Waals surface area contributed by atoms with Crippen molar-refractivity contribution < 1.29 is 14.3 Å². The first-order valence-corrected chi connectivity index (χ1v) is 7.89. The third-order valence-corrected chi connectivity index (χ3v) is 7.32. The normalized spacial score (nSPS) is 15.3. The Kier molecular flexibility index (Phi) is 4.98. The maximum Gasteiger partial charge on any atom is 0.193 e. The molecule has 1 unspecified atom stereocenters. The summed E-state index contributed by atoms with van der Waals surface area (Å²) in [6.07, 6.45) is 0.744. The van der Waals surface area contributed by atoms with Crippen molar-refractivity contribution in [1.29, 1.82) is 0 Å². The molecule has 0 heterocycles. The van der Waals surface area contributed by atoms with Gasteiger partial charge in [-0.25, -0.2) is 0 Å². The van der Waals surface area contributed by atoms with E-state index in [0.29, 0.717) is 6.42 Å². The summed E-state index contributed by atoms with van der Waals surface area (Å²) in [5.74, 6) is 0. The van der Waals surface area contributed by atoms with Crippen LogP contribution in [0.25, 0.3) is 0 Å². The first kappa shape index (κ1) is 13.8. The molecule has 0 rings (SSSR count). The van der Waals surface area contributed by atoms with Crippen LogP contribution in [0.3, 0.4) is 0 Å². The van der Waals surface area contributed by atoms with Gasteiger partial charge >= 0.3 is 0 Å². The summed E-state index contributed by atoms with van der Waals surface area (Å²) in [4.78, 5) is 10.7. The zero-order valence-electron chi connectivity index (χ0n) is 9.83. The van der Waals surface area contributed by atoms with Gasteiger partial charge in [0.1, 0.15) is 12.4 Å². The fraction of sp³-hybridized carbons (Fsp3) is 0.900. The van der Waals surface area contributed by atoms with Crippen molar-refractivity contribution in [1.82, 2.24) is 0 Å². The van der Waals surface area contributed by atoms with Gasteiger partial charge in [0.05, 0.1) is 0 Å². The van der Waals surface area contributed by atoms with E-state index in [9.17, 15) is 4.79 Å². The molecule has 14 heavy (non-hydrogen) atoms. The van der Waals surface area contributed by atoms with Gasteiger partial charge in [0.25, 0.3) is 0 Å². The number of carbonyl (C=O) groups excluding carboxylic acids is 1. The van der Waals surface area contributed by atoms with Crippen molar-refractivity contribution in [2.75, 3.05) is 6.61 Å². The van der Waals surface area contributed by atoms with E-state index in [2.05, 4.69) is 33.9 Å². The van der Waals surface area contributed by atoms with Crippen LogP contribution in [-0.4, -0.2) is 32.4 Å². The van der Waals surface area contributed by atoms with Gasteiger partial charge in [0.2, 0.25) is 0 Å². The van der Waals surface area contributed by atoms with Gasteiger partial charge in [-0.05, 0) is 18.1 Å². The molecule has 3 nitrogen and oxygen atoms in total. The van der Waals surface area contributed by atoms with Gasteiger partial charge in [-0.1, -0.05) is 20.8 Å². The number of hydrogen-bond acceptors (Lipinski definition) is 3. The van der Waals surface area contributed by atoms with E-state index >= 15 is 0 Å². The van der Waals surface area contributed by atoms with E-state index < -0.39 is 14.4 Å². The standard InChI is InChI=1S/C10H22O3Si/c1-10(2,3)14(4,5)13-9(8-12)6-7-11/h8-9,11H,6-7H2,1-5H3. The number of rotatable bonds is 5. The summed E-state index contributed by atoms with van der Waals surface area (Å²) in [5, 5.41) is 8.84. The molecule has 0 spiro atoms. The largest absolute Gasteiger partial charge is 0.407 e. The monoisotopic (exact) mass is 218 g/mol. The van der Waals surface area contributed by atoms with E-state index in [1.165, 1.54) is 0 Å². The molecule has 1 N–H and O–H groups in total. The van der Waals surface area contributed by atoms with E-state index in [0.717, 1.165) is 6.29 Å². The molecule has 0 radical (unpaired) electrons. The van der Waals surface area contributed by atoms with Crippen LogP contribution in [0.2, 0.25) is 18.1 Å². The lowest BCUT2D eigenvalue weighted by molar-refractivity contribution is -0.114. The predicted octanol–water partition coefficient (Wildman–Crippen LogP) is 1.96. The minimum atomic E-state index is -1.87. The SMILES string of the molecule is CC(C)(C)[Si](C)(C)OC(C=O)CCO. The highest BCUT2D eigenvalue weighted by molar-refractivity contribution is 6.74. The van der Waals surface area contributed by atoms with E-state index in [1.54, 1.807) is 0 Å². The third-order valence-electron chi connectivity index (χ3n) is 2.82. The Morgan fingerprint density at radius 2 is 1.93 bits per heavy atom. The molecular weight excluding hydrogens is 196 g/mol. The number of hydrogen-bond donors (Lipinski definition) is 1. The topological polar surface area (TPSA) is 46.5 Å². The summed E-state index contributed by atoms with van der Waals surface area (Å²) < 4.78 is 5.80. The van der Waals surface area contributed by atoms with Crippen molar-refractivity contribution >= 4 is 14.6 Å². The molecule has 0 aliphatic rings. The summed E-state index contributed by atoms with van der Waals surface area (Å²) in [7, 11) is -1.87. The molecule has 0 saturated heterocycles.